The van der Waals surface area contributed by atoms with Crippen molar-refractivity contribution in [2.45, 2.75) is 45.7 Å². The number of nitrogens with one attached hydrogen (secondary N) is 1. The van der Waals surface area contributed by atoms with Gasteiger partial charge in [-0.2, -0.15) is 0 Å². The summed E-state index contributed by atoms with van der Waals surface area (Å²) in [5, 5.41) is 4.85. The second kappa shape index (κ2) is 6.02. The van der Waals surface area contributed by atoms with E-state index in [9.17, 15) is 0 Å². The van der Waals surface area contributed by atoms with Gasteiger partial charge in [0.1, 0.15) is 0 Å². The van der Waals surface area contributed by atoms with Crippen molar-refractivity contribution < 1.29 is 0 Å². The van der Waals surface area contributed by atoms with E-state index in [0.29, 0.717) is 0 Å². The minimum absolute atomic E-state index is 0.203. The summed E-state index contributed by atoms with van der Waals surface area (Å²) in [6, 6.07) is 8.34. The second-order valence-electron chi connectivity index (χ2n) is 5.23. The van der Waals surface area contributed by atoms with Crippen molar-refractivity contribution in [2.24, 2.45) is 0 Å². The molecule has 19 heavy (non-hydrogen) atoms. The van der Waals surface area contributed by atoms with E-state index in [1.165, 1.54) is 10.9 Å². The van der Waals surface area contributed by atoms with Crippen LogP contribution in [0.2, 0.25) is 0 Å². The molecular formula is C16H21BrN2. The van der Waals surface area contributed by atoms with Crippen molar-refractivity contribution >= 4 is 26.8 Å². The first-order chi connectivity index (χ1) is 9.09. The molecule has 0 unspecified atom stereocenters. The lowest BCUT2D eigenvalue weighted by atomic mass is 9.95. The van der Waals surface area contributed by atoms with Crippen molar-refractivity contribution in [3.8, 4) is 0 Å². The largest absolute Gasteiger partial charge is 0.307 e. The number of aromatic nitrogens is 1. The van der Waals surface area contributed by atoms with Gasteiger partial charge in [-0.05, 0) is 37.5 Å². The quantitative estimate of drug-likeness (QED) is 0.866. The molecule has 1 N–H and O–H groups in total. The molecule has 0 aliphatic heterocycles. The highest BCUT2D eigenvalue weighted by Crippen LogP contribution is 2.25. The molecule has 1 heterocycles. The Morgan fingerprint density at radius 3 is 2.63 bits per heavy atom. The molecule has 1 aromatic heterocycles. The molecule has 0 aliphatic carbocycles. The maximum atomic E-state index is 4.52. The molecular weight excluding hydrogens is 300 g/mol. The van der Waals surface area contributed by atoms with Gasteiger partial charge in [0.15, 0.2) is 0 Å². The summed E-state index contributed by atoms with van der Waals surface area (Å²) in [6.07, 6.45) is 4.12. The fourth-order valence-electron chi connectivity index (χ4n) is 2.15. The molecule has 0 saturated carbocycles. The maximum Gasteiger partial charge on any atom is 0.0758 e. The van der Waals surface area contributed by atoms with Crippen LogP contribution in [0.1, 0.15) is 39.2 Å². The Bertz CT molecular complexity index is 562. The van der Waals surface area contributed by atoms with Crippen LogP contribution >= 0.6 is 15.9 Å². The van der Waals surface area contributed by atoms with Crippen molar-refractivity contribution in [1.82, 2.24) is 10.3 Å². The van der Waals surface area contributed by atoms with Crippen LogP contribution in [0.15, 0.2) is 34.9 Å². The zero-order valence-electron chi connectivity index (χ0n) is 11.8. The second-order valence-corrected chi connectivity index (χ2v) is 6.08. The van der Waals surface area contributed by atoms with Gasteiger partial charge in [-0.15, -0.1) is 0 Å². The molecule has 0 saturated heterocycles. The van der Waals surface area contributed by atoms with Gasteiger partial charge < -0.3 is 5.32 Å². The Morgan fingerprint density at radius 2 is 1.95 bits per heavy atom. The lowest BCUT2D eigenvalue weighted by molar-refractivity contribution is 0.330. The third kappa shape index (κ3) is 3.15. The zero-order chi connectivity index (χ0) is 13.9. The Balaban J connectivity index is 2.29. The van der Waals surface area contributed by atoms with Crippen LogP contribution in [0.5, 0.6) is 0 Å². The van der Waals surface area contributed by atoms with Gasteiger partial charge in [0.25, 0.3) is 0 Å². The fourth-order valence-corrected chi connectivity index (χ4v) is 2.60. The van der Waals surface area contributed by atoms with E-state index in [1.807, 2.05) is 12.3 Å². The molecule has 0 aliphatic rings. The number of halogens is 1. The SMILES string of the molecule is CCC(C)(CC)NCc1ccc(Br)c2cccnc12. The van der Waals surface area contributed by atoms with Crippen LogP contribution in [0.4, 0.5) is 0 Å². The molecule has 1 aromatic carbocycles. The normalized spacial score (nSPS) is 12.0. The molecule has 0 radical (unpaired) electrons. The molecule has 0 bridgehead atoms. The predicted octanol–water partition coefficient (Wildman–Crippen LogP) is 4.67. The number of hydrogen-bond acceptors (Lipinski definition) is 2. The highest BCUT2D eigenvalue weighted by molar-refractivity contribution is 9.10. The molecule has 2 rings (SSSR count). The molecule has 2 aromatic rings. The van der Waals surface area contributed by atoms with Gasteiger partial charge in [-0.3, -0.25) is 4.98 Å². The third-order valence-electron chi connectivity index (χ3n) is 4.07. The number of hydrogen-bond donors (Lipinski definition) is 1. The first-order valence-electron chi connectivity index (χ1n) is 6.87. The lowest BCUT2D eigenvalue weighted by Crippen LogP contribution is -2.40. The van der Waals surface area contributed by atoms with Gasteiger partial charge in [0, 0.05) is 28.1 Å². The fraction of sp³-hybridized carbons (Fsp3) is 0.438. The Labute approximate surface area is 123 Å². The monoisotopic (exact) mass is 320 g/mol. The van der Waals surface area contributed by atoms with Crippen molar-refractivity contribution in [3.05, 3.63) is 40.5 Å². The number of fused-ring (bicyclic) bond motifs is 1. The maximum absolute atomic E-state index is 4.52. The van der Waals surface area contributed by atoms with Crippen LogP contribution in [0.3, 0.4) is 0 Å². The standard InChI is InChI=1S/C16H21BrN2/c1-4-16(3,5-2)19-11-12-8-9-14(17)13-7-6-10-18-15(12)13/h6-10,19H,4-5,11H2,1-3H3. The van der Waals surface area contributed by atoms with E-state index in [2.05, 4.69) is 65.2 Å². The van der Waals surface area contributed by atoms with Crippen LogP contribution in [0, 0.1) is 0 Å². The molecule has 0 spiro atoms. The molecule has 0 atom stereocenters. The lowest BCUT2D eigenvalue weighted by Gasteiger charge is -2.28. The average Bonchev–Trinajstić information content (AvgIpc) is 2.46. The topological polar surface area (TPSA) is 24.9 Å². The minimum Gasteiger partial charge on any atom is -0.307 e. The van der Waals surface area contributed by atoms with Gasteiger partial charge in [-0.25, -0.2) is 0 Å². The number of benzene rings is 1. The van der Waals surface area contributed by atoms with Crippen LogP contribution in [-0.4, -0.2) is 10.5 Å². The highest BCUT2D eigenvalue weighted by atomic mass is 79.9. The minimum atomic E-state index is 0.203. The van der Waals surface area contributed by atoms with E-state index in [-0.39, 0.29) is 5.54 Å². The van der Waals surface area contributed by atoms with Crippen LogP contribution < -0.4 is 5.32 Å². The van der Waals surface area contributed by atoms with E-state index < -0.39 is 0 Å². The molecule has 102 valence electrons. The van der Waals surface area contributed by atoms with Crippen molar-refractivity contribution in [3.63, 3.8) is 0 Å². The third-order valence-corrected chi connectivity index (χ3v) is 4.76. The summed E-state index contributed by atoms with van der Waals surface area (Å²) >= 11 is 3.59. The summed E-state index contributed by atoms with van der Waals surface area (Å²) < 4.78 is 1.10. The Hall–Kier alpha value is -0.930. The summed E-state index contributed by atoms with van der Waals surface area (Å²) in [5.74, 6) is 0. The number of pyridine rings is 1. The summed E-state index contributed by atoms with van der Waals surface area (Å²) in [7, 11) is 0. The van der Waals surface area contributed by atoms with Gasteiger partial charge in [-0.1, -0.05) is 41.9 Å². The smallest absolute Gasteiger partial charge is 0.0758 e. The molecule has 2 nitrogen and oxygen atoms in total. The van der Waals surface area contributed by atoms with E-state index in [0.717, 1.165) is 29.4 Å². The van der Waals surface area contributed by atoms with Crippen LogP contribution in [0.25, 0.3) is 10.9 Å². The van der Waals surface area contributed by atoms with Crippen LogP contribution in [-0.2, 0) is 6.54 Å². The average molecular weight is 321 g/mol. The van der Waals surface area contributed by atoms with Crippen molar-refractivity contribution in [1.29, 1.82) is 0 Å². The molecule has 3 heteroatoms. The van der Waals surface area contributed by atoms with Gasteiger partial charge >= 0.3 is 0 Å². The Kier molecular flexibility index (Phi) is 4.58. The molecule has 0 fully saturated rings. The number of rotatable bonds is 5. The highest BCUT2D eigenvalue weighted by Gasteiger charge is 2.18. The van der Waals surface area contributed by atoms with E-state index >= 15 is 0 Å². The van der Waals surface area contributed by atoms with E-state index in [4.69, 9.17) is 0 Å². The summed E-state index contributed by atoms with van der Waals surface area (Å²) in [6.45, 7) is 7.60. The predicted molar refractivity (Wildman–Crippen MR) is 85.3 cm³/mol. The Morgan fingerprint density at radius 1 is 1.21 bits per heavy atom. The first kappa shape index (κ1) is 14.5. The first-order valence-corrected chi connectivity index (χ1v) is 7.66. The van der Waals surface area contributed by atoms with Gasteiger partial charge in [0.05, 0.1) is 5.52 Å². The molecule has 0 amide bonds. The van der Waals surface area contributed by atoms with Gasteiger partial charge in [0.2, 0.25) is 0 Å². The zero-order valence-corrected chi connectivity index (χ0v) is 13.4. The summed E-state index contributed by atoms with van der Waals surface area (Å²) in [5.41, 5.74) is 2.54. The number of nitrogens with zero attached hydrogens (tertiary/aromatic N) is 1. The summed E-state index contributed by atoms with van der Waals surface area (Å²) in [4.78, 5) is 4.52. The van der Waals surface area contributed by atoms with E-state index in [1.54, 1.807) is 0 Å². The van der Waals surface area contributed by atoms with Crippen molar-refractivity contribution in [2.75, 3.05) is 0 Å².